The fourth-order valence-corrected chi connectivity index (χ4v) is 4.49. The highest BCUT2D eigenvalue weighted by atomic mass is 35.5. The van der Waals surface area contributed by atoms with Crippen LogP contribution in [-0.4, -0.2) is 45.4 Å². The van der Waals surface area contributed by atoms with E-state index in [-0.39, 0.29) is 23.5 Å². The van der Waals surface area contributed by atoms with Crippen molar-refractivity contribution in [1.82, 2.24) is 20.1 Å². The molecule has 9 nitrogen and oxygen atoms in total. The van der Waals surface area contributed by atoms with E-state index in [2.05, 4.69) is 25.6 Å². The molecular formula is C25H28ClN5O4S. The van der Waals surface area contributed by atoms with Gasteiger partial charge in [-0.1, -0.05) is 49.3 Å². The van der Waals surface area contributed by atoms with Crippen LogP contribution in [0.2, 0.25) is 5.02 Å². The van der Waals surface area contributed by atoms with Crippen molar-refractivity contribution < 1.29 is 19.1 Å². The number of esters is 1. The van der Waals surface area contributed by atoms with Gasteiger partial charge in [-0.15, -0.1) is 10.2 Å². The summed E-state index contributed by atoms with van der Waals surface area (Å²) in [5.74, 6) is -0.229. The molecule has 0 aliphatic rings. The van der Waals surface area contributed by atoms with Gasteiger partial charge in [0.15, 0.2) is 11.0 Å². The van der Waals surface area contributed by atoms with Crippen LogP contribution >= 0.6 is 23.4 Å². The highest BCUT2D eigenvalue weighted by molar-refractivity contribution is 7.99. The van der Waals surface area contributed by atoms with E-state index in [1.54, 1.807) is 48.5 Å². The molecule has 2 aromatic carbocycles. The van der Waals surface area contributed by atoms with Gasteiger partial charge in [0.05, 0.1) is 35.1 Å². The molecule has 0 radical (unpaired) electrons. The number of aromatic nitrogens is 3. The van der Waals surface area contributed by atoms with Crippen molar-refractivity contribution in [3.63, 3.8) is 0 Å². The molecule has 1 heterocycles. The van der Waals surface area contributed by atoms with E-state index in [1.165, 1.54) is 18.9 Å². The Hall–Kier alpha value is -3.37. The van der Waals surface area contributed by atoms with Gasteiger partial charge in [0.25, 0.3) is 5.91 Å². The Bertz CT molecular complexity index is 1230. The zero-order chi connectivity index (χ0) is 26.2. The van der Waals surface area contributed by atoms with Crippen LogP contribution < -0.4 is 10.6 Å². The van der Waals surface area contributed by atoms with Crippen LogP contribution in [0.1, 0.15) is 53.4 Å². The monoisotopic (exact) mass is 529 g/mol. The first-order chi connectivity index (χ1) is 17.2. The summed E-state index contributed by atoms with van der Waals surface area (Å²) in [4.78, 5) is 36.9. The SMILES string of the molecule is CCn1c(SCC(=O)Nc2ccc(C(=O)OC)cc2)nnc1[C@@H](NC(=O)c1ccccc1Cl)C(C)C. The second-order valence-corrected chi connectivity index (χ2v) is 9.52. The molecule has 0 fully saturated rings. The Morgan fingerprint density at radius 3 is 2.39 bits per heavy atom. The summed E-state index contributed by atoms with van der Waals surface area (Å²) < 4.78 is 6.56. The van der Waals surface area contributed by atoms with Crippen molar-refractivity contribution in [3.05, 3.63) is 70.5 Å². The molecule has 3 aromatic rings. The summed E-state index contributed by atoms with van der Waals surface area (Å²) in [7, 11) is 1.31. The van der Waals surface area contributed by atoms with Crippen LogP contribution in [0.25, 0.3) is 0 Å². The van der Waals surface area contributed by atoms with Crippen molar-refractivity contribution >= 4 is 46.8 Å². The van der Waals surface area contributed by atoms with E-state index < -0.39 is 12.0 Å². The van der Waals surface area contributed by atoms with E-state index in [0.717, 1.165) is 0 Å². The lowest BCUT2D eigenvalue weighted by Crippen LogP contribution is -2.34. The second kappa shape index (κ2) is 12.5. The average Bonchev–Trinajstić information content (AvgIpc) is 3.28. The first-order valence-corrected chi connectivity index (χ1v) is 12.7. The molecule has 0 saturated heterocycles. The summed E-state index contributed by atoms with van der Waals surface area (Å²) in [6.45, 7) is 6.48. The van der Waals surface area contributed by atoms with Crippen molar-refractivity contribution in [3.8, 4) is 0 Å². The quantitative estimate of drug-likeness (QED) is 0.291. The molecule has 1 atom stereocenters. The number of carbonyl (C=O) groups is 3. The van der Waals surface area contributed by atoms with E-state index in [4.69, 9.17) is 11.6 Å². The lowest BCUT2D eigenvalue weighted by atomic mass is 10.0. The number of ether oxygens (including phenoxy) is 1. The number of amides is 2. The number of benzene rings is 2. The minimum absolute atomic E-state index is 0.0278. The first-order valence-electron chi connectivity index (χ1n) is 11.3. The molecule has 0 aliphatic heterocycles. The lowest BCUT2D eigenvalue weighted by molar-refractivity contribution is -0.113. The third kappa shape index (κ3) is 6.64. The molecule has 0 bridgehead atoms. The van der Waals surface area contributed by atoms with Crippen molar-refractivity contribution in [2.75, 3.05) is 18.2 Å². The molecule has 0 aliphatic carbocycles. The maximum Gasteiger partial charge on any atom is 0.337 e. The Kier molecular flexibility index (Phi) is 9.49. The molecule has 2 N–H and O–H groups in total. The number of hydrogen-bond donors (Lipinski definition) is 2. The summed E-state index contributed by atoms with van der Waals surface area (Å²) >= 11 is 7.44. The number of carbonyl (C=O) groups excluding carboxylic acids is 3. The van der Waals surface area contributed by atoms with Gasteiger partial charge >= 0.3 is 5.97 Å². The standard InChI is InChI=1S/C25H28ClN5O4S/c1-5-31-22(21(15(2)3)28-23(33)18-8-6-7-9-19(18)26)29-30-25(31)36-14-20(32)27-17-12-10-16(11-13-17)24(34)35-4/h6-13,15,21H,5,14H2,1-4H3,(H,27,32)(H,28,33)/t21-/m0/s1. The molecule has 11 heteroatoms. The van der Waals surface area contributed by atoms with Gasteiger partial charge in [0, 0.05) is 12.2 Å². The zero-order valence-electron chi connectivity index (χ0n) is 20.4. The fraction of sp³-hybridized carbons (Fsp3) is 0.320. The number of thioether (sulfide) groups is 1. The lowest BCUT2D eigenvalue weighted by Gasteiger charge is -2.22. The number of nitrogens with one attached hydrogen (secondary N) is 2. The largest absolute Gasteiger partial charge is 0.465 e. The number of rotatable bonds is 10. The highest BCUT2D eigenvalue weighted by Gasteiger charge is 2.26. The maximum absolute atomic E-state index is 12.9. The molecule has 0 saturated carbocycles. The topological polar surface area (TPSA) is 115 Å². The Morgan fingerprint density at radius 1 is 1.08 bits per heavy atom. The smallest absolute Gasteiger partial charge is 0.337 e. The molecular weight excluding hydrogens is 502 g/mol. The third-order valence-electron chi connectivity index (χ3n) is 5.33. The first kappa shape index (κ1) is 27.2. The van der Waals surface area contributed by atoms with Crippen molar-refractivity contribution in [1.29, 1.82) is 0 Å². The normalized spacial score (nSPS) is 11.7. The van der Waals surface area contributed by atoms with Crippen LogP contribution in [0.5, 0.6) is 0 Å². The number of halogens is 1. The minimum atomic E-state index is -0.444. The summed E-state index contributed by atoms with van der Waals surface area (Å²) in [6, 6.07) is 12.9. The van der Waals surface area contributed by atoms with Gasteiger partial charge < -0.3 is 19.9 Å². The van der Waals surface area contributed by atoms with Crippen LogP contribution in [0.15, 0.2) is 53.7 Å². The second-order valence-electron chi connectivity index (χ2n) is 8.17. The van der Waals surface area contributed by atoms with E-state index in [0.29, 0.717) is 39.4 Å². The number of anilines is 1. The Balaban J connectivity index is 1.68. The number of hydrogen-bond acceptors (Lipinski definition) is 7. The molecule has 3 rings (SSSR count). The predicted octanol–water partition coefficient (Wildman–Crippen LogP) is 4.60. The van der Waals surface area contributed by atoms with Gasteiger partial charge in [0.2, 0.25) is 5.91 Å². The van der Waals surface area contributed by atoms with E-state index >= 15 is 0 Å². The molecule has 0 spiro atoms. The van der Waals surface area contributed by atoms with Crippen LogP contribution in [-0.2, 0) is 16.1 Å². The molecule has 0 unspecified atom stereocenters. The highest BCUT2D eigenvalue weighted by Crippen LogP contribution is 2.26. The van der Waals surface area contributed by atoms with Crippen LogP contribution in [0.4, 0.5) is 5.69 Å². The van der Waals surface area contributed by atoms with E-state index in [9.17, 15) is 14.4 Å². The summed E-state index contributed by atoms with van der Waals surface area (Å²) in [6.07, 6.45) is 0. The van der Waals surface area contributed by atoms with Gasteiger partial charge in [-0.05, 0) is 49.2 Å². The van der Waals surface area contributed by atoms with Gasteiger partial charge in [-0.2, -0.15) is 0 Å². The number of nitrogens with zero attached hydrogens (tertiary/aromatic N) is 3. The summed E-state index contributed by atoms with van der Waals surface area (Å²) in [5.41, 5.74) is 1.35. The molecule has 1 aromatic heterocycles. The fourth-order valence-electron chi connectivity index (χ4n) is 3.46. The van der Waals surface area contributed by atoms with Gasteiger partial charge in [0.1, 0.15) is 0 Å². The maximum atomic E-state index is 12.9. The van der Waals surface area contributed by atoms with Gasteiger partial charge in [-0.25, -0.2) is 4.79 Å². The third-order valence-corrected chi connectivity index (χ3v) is 6.63. The van der Waals surface area contributed by atoms with Crippen molar-refractivity contribution in [2.24, 2.45) is 5.92 Å². The molecule has 36 heavy (non-hydrogen) atoms. The number of methoxy groups -OCH3 is 1. The zero-order valence-corrected chi connectivity index (χ0v) is 22.0. The van der Waals surface area contributed by atoms with Crippen LogP contribution in [0, 0.1) is 5.92 Å². The van der Waals surface area contributed by atoms with Gasteiger partial charge in [-0.3, -0.25) is 9.59 Å². The van der Waals surface area contributed by atoms with Crippen LogP contribution in [0.3, 0.4) is 0 Å². The van der Waals surface area contributed by atoms with E-state index in [1.807, 2.05) is 25.3 Å². The Morgan fingerprint density at radius 2 is 1.78 bits per heavy atom. The van der Waals surface area contributed by atoms with Crippen molar-refractivity contribution in [2.45, 2.75) is 38.5 Å². The molecule has 190 valence electrons. The minimum Gasteiger partial charge on any atom is -0.465 e. The average molecular weight is 530 g/mol. The molecule has 2 amide bonds. The predicted molar refractivity (Wildman–Crippen MR) is 139 cm³/mol. The Labute approximate surface area is 219 Å². The summed E-state index contributed by atoms with van der Waals surface area (Å²) in [5, 5.41) is 15.4.